The van der Waals surface area contributed by atoms with E-state index in [4.69, 9.17) is 4.74 Å². The third kappa shape index (κ3) is 3.46. The highest BCUT2D eigenvalue weighted by atomic mass is 16.5. The van der Waals surface area contributed by atoms with Crippen LogP contribution in [0.4, 0.5) is 0 Å². The van der Waals surface area contributed by atoms with E-state index in [1.165, 1.54) is 32.1 Å². The van der Waals surface area contributed by atoms with Crippen molar-refractivity contribution in [2.75, 3.05) is 13.2 Å². The minimum Gasteiger partial charge on any atom is -0.377 e. The van der Waals surface area contributed by atoms with Crippen molar-refractivity contribution < 1.29 is 4.74 Å². The molecule has 1 saturated heterocycles. The van der Waals surface area contributed by atoms with Gasteiger partial charge in [0.1, 0.15) is 0 Å². The van der Waals surface area contributed by atoms with Crippen molar-refractivity contribution in [2.24, 2.45) is 11.8 Å². The Bertz CT molecular complexity index is 181. The van der Waals surface area contributed by atoms with Gasteiger partial charge in [0.25, 0.3) is 0 Å². The summed E-state index contributed by atoms with van der Waals surface area (Å²) in [4.78, 5) is 0. The molecule has 0 amide bonds. The minimum atomic E-state index is 0.485. The van der Waals surface area contributed by atoms with Gasteiger partial charge in [0.05, 0.1) is 6.10 Å². The molecule has 2 atom stereocenters. The van der Waals surface area contributed by atoms with Gasteiger partial charge in [0.2, 0.25) is 0 Å². The van der Waals surface area contributed by atoms with Gasteiger partial charge >= 0.3 is 0 Å². The van der Waals surface area contributed by atoms with Crippen molar-refractivity contribution in [3.05, 3.63) is 0 Å². The van der Waals surface area contributed by atoms with Crippen molar-refractivity contribution in [3.8, 4) is 0 Å². The first kappa shape index (κ1) is 11.4. The molecule has 1 aliphatic carbocycles. The number of nitrogens with one attached hydrogen (secondary N) is 1. The molecule has 2 heteroatoms. The lowest BCUT2D eigenvalue weighted by Gasteiger charge is -2.28. The average Bonchev–Trinajstić information content (AvgIpc) is 3.03. The van der Waals surface area contributed by atoms with Crippen LogP contribution in [0.25, 0.3) is 0 Å². The molecule has 2 nitrogen and oxygen atoms in total. The standard InChI is InChI=1S/C13H25NO/c1-10(2)13(11-6-7-11)14-9-12-5-3-4-8-15-12/h10-14H,3-9H2,1-2H3. The summed E-state index contributed by atoms with van der Waals surface area (Å²) in [5.41, 5.74) is 0. The molecule has 88 valence electrons. The molecule has 0 aromatic rings. The van der Waals surface area contributed by atoms with Crippen LogP contribution >= 0.6 is 0 Å². The highest BCUT2D eigenvalue weighted by Crippen LogP contribution is 2.35. The smallest absolute Gasteiger partial charge is 0.0699 e. The van der Waals surface area contributed by atoms with E-state index in [9.17, 15) is 0 Å². The molecule has 1 saturated carbocycles. The lowest BCUT2D eigenvalue weighted by Crippen LogP contribution is -2.41. The Kier molecular flexibility index (Phi) is 4.04. The summed E-state index contributed by atoms with van der Waals surface area (Å²) in [5, 5.41) is 3.73. The maximum absolute atomic E-state index is 5.75. The van der Waals surface area contributed by atoms with Gasteiger partial charge in [-0.15, -0.1) is 0 Å². The number of hydrogen-bond acceptors (Lipinski definition) is 2. The number of ether oxygens (including phenoxy) is 1. The van der Waals surface area contributed by atoms with Crippen LogP contribution in [0.15, 0.2) is 0 Å². The van der Waals surface area contributed by atoms with E-state index in [2.05, 4.69) is 19.2 Å². The summed E-state index contributed by atoms with van der Waals surface area (Å²) in [6.45, 7) is 6.71. The van der Waals surface area contributed by atoms with E-state index in [-0.39, 0.29) is 0 Å². The van der Waals surface area contributed by atoms with Crippen LogP contribution in [0.5, 0.6) is 0 Å². The van der Waals surface area contributed by atoms with Gasteiger partial charge in [-0.2, -0.15) is 0 Å². The summed E-state index contributed by atoms with van der Waals surface area (Å²) in [6, 6.07) is 0.732. The molecule has 2 rings (SSSR count). The first-order chi connectivity index (χ1) is 7.27. The van der Waals surface area contributed by atoms with E-state index >= 15 is 0 Å². The average molecular weight is 211 g/mol. The highest BCUT2D eigenvalue weighted by Gasteiger charge is 2.33. The largest absolute Gasteiger partial charge is 0.377 e. The molecule has 0 aromatic heterocycles. The predicted molar refractivity (Wildman–Crippen MR) is 62.9 cm³/mol. The SMILES string of the molecule is CC(C)C(NCC1CCCCO1)C1CC1. The van der Waals surface area contributed by atoms with Crippen LogP contribution in [0.3, 0.4) is 0 Å². The molecule has 2 fully saturated rings. The molecule has 0 radical (unpaired) electrons. The van der Waals surface area contributed by atoms with Crippen LogP contribution in [-0.2, 0) is 4.74 Å². The molecule has 1 heterocycles. The summed E-state index contributed by atoms with van der Waals surface area (Å²) in [5.74, 6) is 1.72. The third-order valence-electron chi connectivity index (χ3n) is 3.70. The van der Waals surface area contributed by atoms with E-state index in [1.807, 2.05) is 0 Å². The second kappa shape index (κ2) is 5.31. The fourth-order valence-corrected chi connectivity index (χ4v) is 2.64. The quantitative estimate of drug-likeness (QED) is 0.754. The van der Waals surface area contributed by atoms with Gasteiger partial charge in [0, 0.05) is 19.2 Å². The summed E-state index contributed by atoms with van der Waals surface area (Å²) < 4.78 is 5.75. The molecule has 1 aliphatic heterocycles. The molecular formula is C13H25NO. The molecular weight excluding hydrogens is 186 g/mol. The topological polar surface area (TPSA) is 21.3 Å². The van der Waals surface area contributed by atoms with Crippen molar-refractivity contribution in [2.45, 2.75) is 58.1 Å². The zero-order valence-electron chi connectivity index (χ0n) is 10.2. The predicted octanol–water partition coefficient (Wildman–Crippen LogP) is 2.58. The summed E-state index contributed by atoms with van der Waals surface area (Å²) in [6.07, 6.45) is 7.21. The molecule has 2 aliphatic rings. The van der Waals surface area contributed by atoms with Crippen molar-refractivity contribution >= 4 is 0 Å². The molecule has 1 N–H and O–H groups in total. The Morgan fingerprint density at radius 2 is 2.00 bits per heavy atom. The number of hydrogen-bond donors (Lipinski definition) is 1. The molecule has 15 heavy (non-hydrogen) atoms. The fraction of sp³-hybridized carbons (Fsp3) is 1.00. The van der Waals surface area contributed by atoms with Crippen LogP contribution in [0.2, 0.25) is 0 Å². The molecule has 0 bridgehead atoms. The maximum atomic E-state index is 5.75. The number of rotatable bonds is 5. The molecule has 2 unspecified atom stereocenters. The van der Waals surface area contributed by atoms with Gasteiger partial charge in [0.15, 0.2) is 0 Å². The normalized spacial score (nSPS) is 29.4. The van der Waals surface area contributed by atoms with Crippen molar-refractivity contribution in [3.63, 3.8) is 0 Å². The lowest BCUT2D eigenvalue weighted by molar-refractivity contribution is 0.0140. The Labute approximate surface area is 93.8 Å². The van der Waals surface area contributed by atoms with Crippen LogP contribution in [-0.4, -0.2) is 25.3 Å². The van der Waals surface area contributed by atoms with Gasteiger partial charge in [-0.25, -0.2) is 0 Å². The summed E-state index contributed by atoms with van der Waals surface area (Å²) in [7, 11) is 0. The fourth-order valence-electron chi connectivity index (χ4n) is 2.64. The van der Waals surface area contributed by atoms with E-state index in [0.29, 0.717) is 6.10 Å². The Morgan fingerprint density at radius 1 is 1.20 bits per heavy atom. The first-order valence-corrected chi connectivity index (χ1v) is 6.62. The highest BCUT2D eigenvalue weighted by molar-refractivity contribution is 4.88. The van der Waals surface area contributed by atoms with E-state index < -0.39 is 0 Å². The maximum Gasteiger partial charge on any atom is 0.0699 e. The van der Waals surface area contributed by atoms with Crippen LogP contribution < -0.4 is 5.32 Å². The zero-order chi connectivity index (χ0) is 10.7. The minimum absolute atomic E-state index is 0.485. The zero-order valence-corrected chi connectivity index (χ0v) is 10.2. The van der Waals surface area contributed by atoms with E-state index in [0.717, 1.165) is 31.0 Å². The monoisotopic (exact) mass is 211 g/mol. The van der Waals surface area contributed by atoms with Crippen LogP contribution in [0, 0.1) is 11.8 Å². The van der Waals surface area contributed by atoms with Crippen molar-refractivity contribution in [1.82, 2.24) is 5.32 Å². The Hall–Kier alpha value is -0.0800. The molecule has 0 spiro atoms. The Morgan fingerprint density at radius 3 is 2.53 bits per heavy atom. The Balaban J connectivity index is 1.69. The second-order valence-electron chi connectivity index (χ2n) is 5.50. The second-order valence-corrected chi connectivity index (χ2v) is 5.50. The van der Waals surface area contributed by atoms with Gasteiger partial charge in [-0.1, -0.05) is 13.8 Å². The van der Waals surface area contributed by atoms with Gasteiger partial charge < -0.3 is 10.1 Å². The molecule has 0 aromatic carbocycles. The van der Waals surface area contributed by atoms with Crippen molar-refractivity contribution in [1.29, 1.82) is 0 Å². The van der Waals surface area contributed by atoms with E-state index in [1.54, 1.807) is 0 Å². The lowest BCUT2D eigenvalue weighted by atomic mass is 9.99. The third-order valence-corrected chi connectivity index (χ3v) is 3.70. The van der Waals surface area contributed by atoms with Crippen LogP contribution in [0.1, 0.15) is 46.0 Å². The van der Waals surface area contributed by atoms with Gasteiger partial charge in [-0.3, -0.25) is 0 Å². The van der Waals surface area contributed by atoms with Gasteiger partial charge in [-0.05, 0) is 43.9 Å². The first-order valence-electron chi connectivity index (χ1n) is 6.62. The summed E-state index contributed by atoms with van der Waals surface area (Å²) >= 11 is 0.